The fraction of sp³-hybridized carbons (Fsp3) is 0.222. The summed E-state index contributed by atoms with van der Waals surface area (Å²) in [5.41, 5.74) is 3.89. The van der Waals surface area contributed by atoms with Crippen LogP contribution in [0.4, 0.5) is 5.69 Å². The van der Waals surface area contributed by atoms with Gasteiger partial charge in [0, 0.05) is 23.4 Å². The Morgan fingerprint density at radius 3 is 2.59 bits per heavy atom. The van der Waals surface area contributed by atoms with E-state index in [2.05, 4.69) is 5.32 Å². The van der Waals surface area contributed by atoms with Crippen LogP contribution in [0.15, 0.2) is 42.5 Å². The SMILES string of the molecule is O=C1c2ccccc2-c2ccc(NC(=O)[C@H]3CCCO3)cc21. The summed E-state index contributed by atoms with van der Waals surface area (Å²) in [5, 5.41) is 2.84. The van der Waals surface area contributed by atoms with Crippen LogP contribution in [0, 0.1) is 0 Å². The Morgan fingerprint density at radius 1 is 1.05 bits per heavy atom. The number of rotatable bonds is 2. The van der Waals surface area contributed by atoms with Crippen LogP contribution in [0.25, 0.3) is 11.1 Å². The molecule has 1 amide bonds. The summed E-state index contributed by atoms with van der Waals surface area (Å²) < 4.78 is 5.37. The number of ether oxygens (including phenoxy) is 1. The number of nitrogens with one attached hydrogen (secondary N) is 1. The molecule has 4 rings (SSSR count). The second-order valence-electron chi connectivity index (χ2n) is 5.63. The molecule has 0 bridgehead atoms. The summed E-state index contributed by atoms with van der Waals surface area (Å²) in [6.45, 7) is 0.635. The van der Waals surface area contributed by atoms with E-state index in [0.717, 1.165) is 29.5 Å². The van der Waals surface area contributed by atoms with Crippen molar-refractivity contribution in [1.29, 1.82) is 0 Å². The third kappa shape index (κ3) is 2.04. The van der Waals surface area contributed by atoms with Crippen molar-refractivity contribution in [2.75, 3.05) is 11.9 Å². The van der Waals surface area contributed by atoms with Crippen molar-refractivity contribution in [1.82, 2.24) is 0 Å². The first-order chi connectivity index (χ1) is 10.7. The fourth-order valence-electron chi connectivity index (χ4n) is 3.11. The maximum atomic E-state index is 12.4. The highest BCUT2D eigenvalue weighted by molar-refractivity contribution is 6.22. The van der Waals surface area contributed by atoms with Gasteiger partial charge in [-0.3, -0.25) is 9.59 Å². The highest BCUT2D eigenvalue weighted by atomic mass is 16.5. The summed E-state index contributed by atoms with van der Waals surface area (Å²) in [4.78, 5) is 24.5. The van der Waals surface area contributed by atoms with Crippen molar-refractivity contribution in [3.05, 3.63) is 53.6 Å². The van der Waals surface area contributed by atoms with E-state index in [9.17, 15) is 9.59 Å². The van der Waals surface area contributed by atoms with E-state index in [1.165, 1.54) is 0 Å². The van der Waals surface area contributed by atoms with Gasteiger partial charge in [0.1, 0.15) is 6.10 Å². The number of amides is 1. The predicted octanol–water partition coefficient (Wildman–Crippen LogP) is 3.02. The van der Waals surface area contributed by atoms with Gasteiger partial charge >= 0.3 is 0 Å². The molecular formula is C18H15NO3. The molecule has 1 N–H and O–H groups in total. The van der Waals surface area contributed by atoms with E-state index in [4.69, 9.17) is 4.74 Å². The lowest BCUT2D eigenvalue weighted by Crippen LogP contribution is -2.26. The van der Waals surface area contributed by atoms with Gasteiger partial charge in [-0.15, -0.1) is 0 Å². The lowest BCUT2D eigenvalue weighted by atomic mass is 10.1. The van der Waals surface area contributed by atoms with Crippen LogP contribution >= 0.6 is 0 Å². The first-order valence-corrected chi connectivity index (χ1v) is 7.44. The second-order valence-corrected chi connectivity index (χ2v) is 5.63. The quantitative estimate of drug-likeness (QED) is 0.790. The molecule has 2 aliphatic rings. The van der Waals surface area contributed by atoms with E-state index in [-0.39, 0.29) is 17.8 Å². The largest absolute Gasteiger partial charge is 0.368 e. The zero-order valence-electron chi connectivity index (χ0n) is 12.0. The highest BCUT2D eigenvalue weighted by Gasteiger charge is 2.27. The van der Waals surface area contributed by atoms with E-state index in [1.54, 1.807) is 6.07 Å². The van der Waals surface area contributed by atoms with Gasteiger partial charge < -0.3 is 10.1 Å². The number of hydrogen-bond acceptors (Lipinski definition) is 3. The van der Waals surface area contributed by atoms with Crippen LogP contribution in [0.3, 0.4) is 0 Å². The van der Waals surface area contributed by atoms with Crippen LogP contribution in [-0.4, -0.2) is 24.4 Å². The van der Waals surface area contributed by atoms with Crippen LogP contribution in [0.5, 0.6) is 0 Å². The Bertz CT molecular complexity index is 776. The number of carbonyl (C=O) groups is 2. The molecule has 2 aromatic rings. The first-order valence-electron chi connectivity index (χ1n) is 7.44. The Labute approximate surface area is 128 Å². The van der Waals surface area contributed by atoms with Crippen molar-refractivity contribution in [2.24, 2.45) is 0 Å². The van der Waals surface area contributed by atoms with Gasteiger partial charge in [-0.2, -0.15) is 0 Å². The van der Waals surface area contributed by atoms with Gasteiger partial charge in [0.05, 0.1) is 0 Å². The summed E-state index contributed by atoms with van der Waals surface area (Å²) in [6.07, 6.45) is 1.29. The topological polar surface area (TPSA) is 55.4 Å². The molecule has 22 heavy (non-hydrogen) atoms. The maximum absolute atomic E-state index is 12.4. The molecule has 0 saturated carbocycles. The zero-order valence-corrected chi connectivity index (χ0v) is 12.0. The number of fused-ring (bicyclic) bond motifs is 3. The van der Waals surface area contributed by atoms with Crippen LogP contribution < -0.4 is 5.32 Å². The molecule has 0 aromatic heterocycles. The normalized spacial score (nSPS) is 18.9. The van der Waals surface area contributed by atoms with Crippen molar-refractivity contribution < 1.29 is 14.3 Å². The minimum absolute atomic E-state index is 0.0128. The van der Waals surface area contributed by atoms with E-state index in [0.29, 0.717) is 17.9 Å². The van der Waals surface area contributed by atoms with E-state index in [1.807, 2.05) is 36.4 Å². The molecule has 1 fully saturated rings. The van der Waals surface area contributed by atoms with Crippen molar-refractivity contribution in [3.63, 3.8) is 0 Å². The van der Waals surface area contributed by atoms with Gasteiger partial charge in [0.25, 0.3) is 5.91 Å². The molecule has 110 valence electrons. The Kier molecular flexibility index (Phi) is 3.05. The Hall–Kier alpha value is -2.46. The standard InChI is InChI=1S/C18H15NO3/c20-17-14-5-2-1-4-12(14)13-8-7-11(10-15(13)17)19-18(21)16-6-3-9-22-16/h1-2,4-5,7-8,10,16H,3,6,9H2,(H,19,21)/t16-/m1/s1. The molecule has 1 aliphatic heterocycles. The monoisotopic (exact) mass is 293 g/mol. The minimum atomic E-state index is -0.374. The van der Waals surface area contributed by atoms with Gasteiger partial charge in [-0.05, 0) is 36.1 Å². The molecule has 1 saturated heterocycles. The van der Waals surface area contributed by atoms with Crippen molar-refractivity contribution in [2.45, 2.75) is 18.9 Å². The summed E-state index contributed by atoms with van der Waals surface area (Å²) in [7, 11) is 0. The van der Waals surface area contributed by atoms with Crippen molar-refractivity contribution >= 4 is 17.4 Å². The smallest absolute Gasteiger partial charge is 0.253 e. The molecular weight excluding hydrogens is 278 g/mol. The average molecular weight is 293 g/mol. The molecule has 1 heterocycles. The highest BCUT2D eigenvalue weighted by Crippen LogP contribution is 2.37. The molecule has 0 radical (unpaired) electrons. The van der Waals surface area contributed by atoms with Gasteiger partial charge in [0.15, 0.2) is 5.78 Å². The molecule has 0 unspecified atom stereocenters. The lowest BCUT2D eigenvalue weighted by Gasteiger charge is -2.11. The number of ketones is 1. The van der Waals surface area contributed by atoms with Gasteiger partial charge in [0.2, 0.25) is 0 Å². The molecule has 1 atom stereocenters. The third-order valence-corrected chi connectivity index (χ3v) is 4.22. The Morgan fingerprint density at radius 2 is 1.82 bits per heavy atom. The van der Waals surface area contributed by atoms with Crippen LogP contribution in [0.2, 0.25) is 0 Å². The number of hydrogen-bond donors (Lipinski definition) is 1. The fourth-order valence-corrected chi connectivity index (χ4v) is 3.11. The summed E-state index contributed by atoms with van der Waals surface area (Å²) >= 11 is 0. The lowest BCUT2D eigenvalue weighted by molar-refractivity contribution is -0.124. The minimum Gasteiger partial charge on any atom is -0.368 e. The maximum Gasteiger partial charge on any atom is 0.253 e. The van der Waals surface area contributed by atoms with Gasteiger partial charge in [-0.1, -0.05) is 30.3 Å². The number of benzene rings is 2. The molecule has 4 heteroatoms. The number of carbonyl (C=O) groups excluding carboxylic acids is 2. The molecule has 1 aliphatic carbocycles. The summed E-state index contributed by atoms with van der Waals surface area (Å²) in [5.74, 6) is -0.126. The predicted molar refractivity (Wildman–Crippen MR) is 82.9 cm³/mol. The summed E-state index contributed by atoms with van der Waals surface area (Å²) in [6, 6.07) is 13.1. The van der Waals surface area contributed by atoms with E-state index < -0.39 is 0 Å². The first kappa shape index (κ1) is 13.2. The third-order valence-electron chi connectivity index (χ3n) is 4.22. The molecule has 2 aromatic carbocycles. The van der Waals surface area contributed by atoms with Crippen LogP contribution in [-0.2, 0) is 9.53 Å². The molecule has 4 nitrogen and oxygen atoms in total. The van der Waals surface area contributed by atoms with Crippen LogP contribution in [0.1, 0.15) is 28.8 Å². The molecule has 0 spiro atoms. The second kappa shape index (κ2) is 5.07. The Balaban J connectivity index is 1.63. The van der Waals surface area contributed by atoms with Crippen molar-refractivity contribution in [3.8, 4) is 11.1 Å². The van der Waals surface area contributed by atoms with Gasteiger partial charge in [-0.25, -0.2) is 0 Å². The average Bonchev–Trinajstić information content (AvgIpc) is 3.16. The zero-order chi connectivity index (χ0) is 15.1. The number of anilines is 1. The van der Waals surface area contributed by atoms with E-state index >= 15 is 0 Å².